The molecule has 0 unspecified atom stereocenters. The Labute approximate surface area is 124 Å². The summed E-state index contributed by atoms with van der Waals surface area (Å²) in [6.07, 6.45) is 0. The summed E-state index contributed by atoms with van der Waals surface area (Å²) in [5, 5.41) is 6.77. The third-order valence-electron chi connectivity index (χ3n) is 3.28. The van der Waals surface area contributed by atoms with Crippen LogP contribution in [0.1, 0.15) is 5.82 Å². The molecule has 0 aliphatic carbocycles. The van der Waals surface area contributed by atoms with E-state index in [-0.39, 0.29) is 16.5 Å². The quantitative estimate of drug-likeness (QED) is 0.879. The van der Waals surface area contributed by atoms with Crippen LogP contribution in [0.3, 0.4) is 0 Å². The van der Waals surface area contributed by atoms with Gasteiger partial charge in [0.15, 0.2) is 5.82 Å². The molecular formula is C13H13ClF2N4O. The highest BCUT2D eigenvalue weighted by molar-refractivity contribution is 6.30. The molecule has 8 heteroatoms. The molecule has 0 saturated carbocycles. The molecule has 2 aromatic rings. The van der Waals surface area contributed by atoms with Gasteiger partial charge in [-0.15, -0.1) is 0 Å². The Bertz CT molecular complexity index is 643. The minimum Gasteiger partial charge on any atom is -0.334 e. The minimum absolute atomic E-state index is 0.0480. The zero-order chi connectivity index (χ0) is 14.8. The van der Waals surface area contributed by atoms with Crippen molar-refractivity contribution in [1.82, 2.24) is 20.4 Å². The van der Waals surface area contributed by atoms with Gasteiger partial charge in [0.05, 0.1) is 17.1 Å². The number of rotatable bonds is 3. The van der Waals surface area contributed by atoms with E-state index < -0.39 is 11.6 Å². The molecule has 1 fully saturated rings. The molecule has 1 aliphatic heterocycles. The van der Waals surface area contributed by atoms with Crippen molar-refractivity contribution < 1.29 is 13.3 Å². The molecular weight excluding hydrogens is 302 g/mol. The molecule has 0 radical (unpaired) electrons. The number of nitrogens with one attached hydrogen (secondary N) is 1. The van der Waals surface area contributed by atoms with Gasteiger partial charge in [0.1, 0.15) is 11.6 Å². The molecule has 1 saturated heterocycles. The lowest BCUT2D eigenvalue weighted by Gasteiger charge is -2.25. The fourth-order valence-electron chi connectivity index (χ4n) is 2.18. The van der Waals surface area contributed by atoms with Crippen LogP contribution < -0.4 is 5.32 Å². The zero-order valence-corrected chi connectivity index (χ0v) is 11.8. The second kappa shape index (κ2) is 6.05. The second-order valence-electron chi connectivity index (χ2n) is 4.79. The van der Waals surface area contributed by atoms with Crippen LogP contribution in [0.2, 0.25) is 5.02 Å². The molecule has 1 aliphatic rings. The zero-order valence-electron chi connectivity index (χ0n) is 11.1. The average molecular weight is 315 g/mol. The van der Waals surface area contributed by atoms with Crippen LogP contribution >= 0.6 is 11.6 Å². The van der Waals surface area contributed by atoms with E-state index in [1.54, 1.807) is 0 Å². The summed E-state index contributed by atoms with van der Waals surface area (Å²) in [5.41, 5.74) is -0.0871. The molecule has 5 nitrogen and oxygen atoms in total. The molecule has 1 N–H and O–H groups in total. The number of hydrogen-bond acceptors (Lipinski definition) is 5. The first-order valence-corrected chi connectivity index (χ1v) is 6.92. The van der Waals surface area contributed by atoms with E-state index in [2.05, 4.69) is 20.4 Å². The van der Waals surface area contributed by atoms with Crippen LogP contribution in [-0.2, 0) is 6.54 Å². The van der Waals surface area contributed by atoms with Crippen LogP contribution in [0.15, 0.2) is 16.7 Å². The Balaban J connectivity index is 1.79. The Kier molecular flexibility index (Phi) is 4.14. The van der Waals surface area contributed by atoms with Crippen molar-refractivity contribution >= 4 is 11.6 Å². The third-order valence-corrected chi connectivity index (χ3v) is 3.57. The van der Waals surface area contributed by atoms with Crippen molar-refractivity contribution in [3.63, 3.8) is 0 Å². The number of halogens is 3. The van der Waals surface area contributed by atoms with Gasteiger partial charge in [-0.05, 0) is 12.1 Å². The smallest absolute Gasteiger partial charge is 0.261 e. The highest BCUT2D eigenvalue weighted by Gasteiger charge is 2.18. The lowest BCUT2D eigenvalue weighted by Crippen LogP contribution is -2.43. The highest BCUT2D eigenvalue weighted by atomic mass is 35.5. The van der Waals surface area contributed by atoms with Crippen LogP contribution in [0.5, 0.6) is 0 Å². The summed E-state index contributed by atoms with van der Waals surface area (Å²) in [5.74, 6) is -1.02. The van der Waals surface area contributed by atoms with Crippen molar-refractivity contribution in [1.29, 1.82) is 0 Å². The van der Waals surface area contributed by atoms with Crippen molar-refractivity contribution in [3.8, 4) is 11.5 Å². The third kappa shape index (κ3) is 3.20. The monoisotopic (exact) mass is 314 g/mol. The Morgan fingerprint density at radius 3 is 2.76 bits per heavy atom. The lowest BCUT2D eigenvalue weighted by molar-refractivity contribution is 0.225. The van der Waals surface area contributed by atoms with Gasteiger partial charge in [0.25, 0.3) is 5.89 Å². The standard InChI is InChI=1S/C13H13ClF2N4O/c14-9-6-10(15)8(5-11(9)16)13-18-12(19-21-13)7-20-3-1-17-2-4-20/h5-6,17H,1-4,7H2. The predicted molar refractivity (Wildman–Crippen MR) is 72.8 cm³/mol. The topological polar surface area (TPSA) is 54.2 Å². The maximum absolute atomic E-state index is 13.8. The van der Waals surface area contributed by atoms with Crippen LogP contribution in [0.25, 0.3) is 11.5 Å². The van der Waals surface area contributed by atoms with Gasteiger partial charge in [-0.25, -0.2) is 8.78 Å². The fourth-order valence-corrected chi connectivity index (χ4v) is 2.33. The van der Waals surface area contributed by atoms with E-state index in [0.717, 1.165) is 38.3 Å². The van der Waals surface area contributed by atoms with Crippen LogP contribution in [-0.4, -0.2) is 41.2 Å². The average Bonchev–Trinajstić information content (AvgIpc) is 2.92. The molecule has 1 aromatic heterocycles. The first kappa shape index (κ1) is 14.4. The SMILES string of the molecule is Fc1cc(-c2nc(CN3CCNCC3)no2)c(F)cc1Cl. The summed E-state index contributed by atoms with van der Waals surface area (Å²) in [6.45, 7) is 4.09. The Hall–Kier alpha value is -1.57. The molecule has 0 bridgehead atoms. The van der Waals surface area contributed by atoms with Gasteiger partial charge in [0, 0.05) is 26.2 Å². The van der Waals surface area contributed by atoms with E-state index in [4.69, 9.17) is 16.1 Å². The maximum atomic E-state index is 13.8. The van der Waals surface area contributed by atoms with E-state index >= 15 is 0 Å². The summed E-state index contributed by atoms with van der Waals surface area (Å²) in [7, 11) is 0. The predicted octanol–water partition coefficient (Wildman–Crippen LogP) is 2.07. The fraction of sp³-hybridized carbons (Fsp3) is 0.385. The first-order chi connectivity index (χ1) is 10.1. The van der Waals surface area contributed by atoms with Gasteiger partial charge in [-0.2, -0.15) is 4.98 Å². The number of hydrogen-bond donors (Lipinski definition) is 1. The van der Waals surface area contributed by atoms with Crippen molar-refractivity contribution in [2.45, 2.75) is 6.54 Å². The van der Waals surface area contributed by atoms with E-state index in [0.29, 0.717) is 12.4 Å². The van der Waals surface area contributed by atoms with Gasteiger partial charge in [-0.3, -0.25) is 4.90 Å². The number of benzene rings is 1. The minimum atomic E-state index is -0.727. The van der Waals surface area contributed by atoms with Crippen molar-refractivity contribution in [3.05, 3.63) is 34.6 Å². The second-order valence-corrected chi connectivity index (χ2v) is 5.20. The van der Waals surface area contributed by atoms with E-state index in [9.17, 15) is 8.78 Å². The first-order valence-electron chi connectivity index (χ1n) is 6.54. The largest absolute Gasteiger partial charge is 0.334 e. The molecule has 2 heterocycles. The van der Waals surface area contributed by atoms with E-state index in [1.165, 1.54) is 0 Å². The van der Waals surface area contributed by atoms with Crippen LogP contribution in [0.4, 0.5) is 8.78 Å². The summed E-state index contributed by atoms with van der Waals surface area (Å²) < 4.78 is 32.2. The summed E-state index contributed by atoms with van der Waals surface area (Å²) in [4.78, 5) is 6.27. The highest BCUT2D eigenvalue weighted by Crippen LogP contribution is 2.26. The molecule has 112 valence electrons. The van der Waals surface area contributed by atoms with Gasteiger partial charge in [-0.1, -0.05) is 16.8 Å². The molecule has 0 spiro atoms. The Morgan fingerprint density at radius 1 is 1.24 bits per heavy atom. The summed E-state index contributed by atoms with van der Waals surface area (Å²) >= 11 is 5.51. The Morgan fingerprint density at radius 2 is 2.00 bits per heavy atom. The molecule has 3 rings (SSSR count). The molecule has 1 aromatic carbocycles. The number of piperazine rings is 1. The maximum Gasteiger partial charge on any atom is 0.261 e. The van der Waals surface area contributed by atoms with Gasteiger partial charge < -0.3 is 9.84 Å². The number of nitrogens with zero attached hydrogens (tertiary/aromatic N) is 3. The molecule has 0 atom stereocenters. The number of aromatic nitrogens is 2. The normalized spacial score (nSPS) is 16.3. The van der Waals surface area contributed by atoms with Gasteiger partial charge >= 0.3 is 0 Å². The van der Waals surface area contributed by atoms with Crippen LogP contribution in [0, 0.1) is 11.6 Å². The van der Waals surface area contributed by atoms with Crippen molar-refractivity contribution in [2.75, 3.05) is 26.2 Å². The van der Waals surface area contributed by atoms with Gasteiger partial charge in [0.2, 0.25) is 0 Å². The van der Waals surface area contributed by atoms with Crippen molar-refractivity contribution in [2.24, 2.45) is 0 Å². The molecule has 21 heavy (non-hydrogen) atoms. The lowest BCUT2D eigenvalue weighted by atomic mass is 10.2. The summed E-state index contributed by atoms with van der Waals surface area (Å²) in [6, 6.07) is 1.85. The van der Waals surface area contributed by atoms with E-state index in [1.807, 2.05) is 0 Å². The molecule has 0 amide bonds.